The zero-order valence-corrected chi connectivity index (χ0v) is 19.1. The molecule has 3 amide bonds. The highest BCUT2D eigenvalue weighted by Crippen LogP contribution is 2.37. The van der Waals surface area contributed by atoms with Crippen LogP contribution in [-0.4, -0.2) is 34.3 Å². The molecule has 8 nitrogen and oxygen atoms in total. The molecule has 0 radical (unpaired) electrons. The van der Waals surface area contributed by atoms with Crippen molar-refractivity contribution >= 4 is 40.9 Å². The third-order valence-electron chi connectivity index (χ3n) is 5.23. The molecule has 1 aliphatic rings. The van der Waals surface area contributed by atoms with Crippen molar-refractivity contribution in [3.63, 3.8) is 0 Å². The highest BCUT2D eigenvalue weighted by atomic mass is 35.5. The molecule has 1 aliphatic heterocycles. The quantitative estimate of drug-likeness (QED) is 0.563. The van der Waals surface area contributed by atoms with Gasteiger partial charge in [0.15, 0.2) is 0 Å². The van der Waals surface area contributed by atoms with Gasteiger partial charge in [-0.05, 0) is 38.0 Å². The second-order valence-electron chi connectivity index (χ2n) is 7.90. The van der Waals surface area contributed by atoms with Crippen molar-refractivity contribution in [2.24, 2.45) is 0 Å². The van der Waals surface area contributed by atoms with Crippen LogP contribution < -0.4 is 15.4 Å². The first kappa shape index (κ1) is 24.8. The summed E-state index contributed by atoms with van der Waals surface area (Å²) in [7, 11) is 0. The van der Waals surface area contributed by atoms with Gasteiger partial charge in [-0.1, -0.05) is 23.2 Å². The van der Waals surface area contributed by atoms with Gasteiger partial charge in [-0.25, -0.2) is 4.98 Å². The van der Waals surface area contributed by atoms with Gasteiger partial charge in [-0.2, -0.15) is 8.78 Å². The van der Waals surface area contributed by atoms with E-state index >= 15 is 0 Å². The highest BCUT2D eigenvalue weighted by Gasteiger charge is 2.33. The first-order valence-electron chi connectivity index (χ1n) is 9.86. The molecule has 0 aliphatic carbocycles. The fourth-order valence-electron chi connectivity index (χ4n) is 3.35. The summed E-state index contributed by atoms with van der Waals surface area (Å²) in [5.41, 5.74) is 0.152. The van der Waals surface area contributed by atoms with Crippen LogP contribution in [-0.2, 0) is 26.3 Å². The third-order valence-corrected chi connectivity index (χ3v) is 5.85. The molecule has 2 N–H and O–H groups in total. The Morgan fingerprint density at radius 3 is 2.45 bits per heavy atom. The Bertz CT molecular complexity index is 1060. The number of alkyl halides is 2. The smallest absolute Gasteiger partial charge is 0.388 e. The Kier molecular flexibility index (Phi) is 7.48. The number of ether oxygens (including phenoxy) is 1. The second kappa shape index (κ2) is 9.96. The lowest BCUT2D eigenvalue weighted by Crippen LogP contribution is -2.40. The molecule has 1 aromatic carbocycles. The number of halogens is 4. The van der Waals surface area contributed by atoms with E-state index < -0.39 is 29.8 Å². The number of amides is 3. The van der Waals surface area contributed by atoms with Crippen LogP contribution in [0.2, 0.25) is 10.0 Å². The van der Waals surface area contributed by atoms with Crippen molar-refractivity contribution in [2.45, 2.75) is 51.2 Å². The van der Waals surface area contributed by atoms with Crippen LogP contribution >= 0.6 is 23.2 Å². The topological polar surface area (TPSA) is 110 Å². The summed E-state index contributed by atoms with van der Waals surface area (Å²) in [6, 6.07) is 3.19. The molecule has 1 saturated heterocycles. The van der Waals surface area contributed by atoms with E-state index in [1.54, 1.807) is 26.0 Å². The van der Waals surface area contributed by atoms with Crippen LogP contribution in [0.5, 0.6) is 5.88 Å². The van der Waals surface area contributed by atoms with E-state index in [0.29, 0.717) is 17.5 Å². The molecule has 12 heteroatoms. The number of hydrogen-bond acceptors (Lipinski definition) is 6. The van der Waals surface area contributed by atoms with Crippen molar-refractivity contribution < 1.29 is 27.9 Å². The minimum Gasteiger partial charge on any atom is -0.415 e. The zero-order valence-electron chi connectivity index (χ0n) is 17.6. The Hall–Kier alpha value is -2.85. The van der Waals surface area contributed by atoms with Crippen molar-refractivity contribution in [3.8, 4) is 5.88 Å². The van der Waals surface area contributed by atoms with Gasteiger partial charge in [-0.15, -0.1) is 0 Å². The maximum absolute atomic E-state index is 12.8. The maximum Gasteiger partial charge on any atom is 0.388 e. The third kappa shape index (κ3) is 5.75. The predicted octanol–water partition coefficient (Wildman–Crippen LogP) is 3.50. The number of piperidine rings is 1. The van der Waals surface area contributed by atoms with E-state index in [0.717, 1.165) is 6.20 Å². The molecule has 2 aromatic rings. The Labute approximate surface area is 198 Å². The molecule has 1 aromatic heterocycles. The lowest BCUT2D eigenvalue weighted by atomic mass is 9.88. The number of rotatable bonds is 7. The molecular weight excluding hydrogens is 481 g/mol. The van der Waals surface area contributed by atoms with E-state index in [2.05, 4.69) is 25.3 Å². The summed E-state index contributed by atoms with van der Waals surface area (Å²) in [5.74, 6) is -2.19. The first-order valence-corrected chi connectivity index (χ1v) is 10.6. The van der Waals surface area contributed by atoms with Crippen LogP contribution in [0.1, 0.15) is 49.4 Å². The number of imide groups is 1. The standard InChI is InChI=1S/C21H20Cl2F2N4O4/c1-21(2,14-8-27-16(9-26-14)33-20(24)25)19(32)28-7-10-5-12(22)17(13(23)6-10)11-3-4-15(30)29-18(11)31/h5-6,8-9,11,20H,3-4,7H2,1-2H3,(H,28,32)(H,29,30,31). The summed E-state index contributed by atoms with van der Waals surface area (Å²) < 4.78 is 28.7. The SMILES string of the molecule is CC(C)(C(=O)NCc1cc(Cl)c(C2CCC(=O)NC2=O)c(Cl)c1)c1cnc(OC(F)F)cn1. The largest absolute Gasteiger partial charge is 0.415 e. The van der Waals surface area contributed by atoms with Gasteiger partial charge in [0.2, 0.25) is 23.6 Å². The average Bonchev–Trinajstić information content (AvgIpc) is 2.73. The molecular formula is C21H20Cl2F2N4O4. The number of carbonyl (C=O) groups excluding carboxylic acids is 3. The van der Waals surface area contributed by atoms with Crippen molar-refractivity contribution in [1.82, 2.24) is 20.6 Å². The second-order valence-corrected chi connectivity index (χ2v) is 8.72. The van der Waals surface area contributed by atoms with E-state index in [9.17, 15) is 23.2 Å². The van der Waals surface area contributed by atoms with Gasteiger partial charge >= 0.3 is 6.61 Å². The van der Waals surface area contributed by atoms with Crippen LogP contribution in [0.4, 0.5) is 8.78 Å². The number of nitrogens with one attached hydrogen (secondary N) is 2. The molecule has 1 atom stereocenters. The van der Waals surface area contributed by atoms with Crippen molar-refractivity contribution in [1.29, 1.82) is 0 Å². The first-order chi connectivity index (χ1) is 15.5. The van der Waals surface area contributed by atoms with Crippen LogP contribution in [0.15, 0.2) is 24.5 Å². The van der Waals surface area contributed by atoms with Crippen LogP contribution in [0.3, 0.4) is 0 Å². The molecule has 3 rings (SSSR count). The lowest BCUT2D eigenvalue weighted by Gasteiger charge is -2.24. The van der Waals surface area contributed by atoms with Crippen LogP contribution in [0, 0.1) is 0 Å². The fraction of sp³-hybridized carbons (Fsp3) is 0.381. The summed E-state index contributed by atoms with van der Waals surface area (Å²) in [6.45, 7) is 0.261. The van der Waals surface area contributed by atoms with Gasteiger partial charge in [0.1, 0.15) is 0 Å². The van der Waals surface area contributed by atoms with E-state index in [1.165, 1.54) is 6.20 Å². The molecule has 1 unspecified atom stereocenters. The monoisotopic (exact) mass is 500 g/mol. The van der Waals surface area contributed by atoms with Gasteiger partial charge in [0.05, 0.1) is 29.4 Å². The van der Waals surface area contributed by atoms with Gasteiger partial charge in [0.25, 0.3) is 0 Å². The summed E-state index contributed by atoms with van der Waals surface area (Å²) >= 11 is 12.8. The zero-order chi connectivity index (χ0) is 24.3. The minimum absolute atomic E-state index is 0.0807. The van der Waals surface area contributed by atoms with E-state index in [4.69, 9.17) is 23.2 Å². The molecule has 0 spiro atoms. The van der Waals surface area contributed by atoms with E-state index in [-0.39, 0.29) is 40.5 Å². The van der Waals surface area contributed by atoms with Gasteiger partial charge in [-0.3, -0.25) is 24.7 Å². The molecule has 2 heterocycles. The lowest BCUT2D eigenvalue weighted by molar-refractivity contribution is -0.134. The average molecular weight is 501 g/mol. The summed E-state index contributed by atoms with van der Waals surface area (Å²) in [4.78, 5) is 44.1. The Morgan fingerprint density at radius 2 is 1.91 bits per heavy atom. The number of hydrogen-bond donors (Lipinski definition) is 2. The number of carbonyl (C=O) groups is 3. The number of benzene rings is 1. The van der Waals surface area contributed by atoms with E-state index in [1.807, 2.05) is 0 Å². The highest BCUT2D eigenvalue weighted by molar-refractivity contribution is 6.36. The summed E-state index contributed by atoms with van der Waals surface area (Å²) in [5, 5.41) is 5.53. The maximum atomic E-state index is 12.8. The Morgan fingerprint density at radius 1 is 1.24 bits per heavy atom. The molecule has 0 bridgehead atoms. The summed E-state index contributed by atoms with van der Waals surface area (Å²) in [6.07, 6.45) is 2.70. The molecule has 0 saturated carbocycles. The number of aromatic nitrogens is 2. The fourth-order valence-corrected chi connectivity index (χ4v) is 4.15. The molecule has 33 heavy (non-hydrogen) atoms. The van der Waals surface area contributed by atoms with Crippen molar-refractivity contribution in [3.05, 3.63) is 51.4 Å². The molecule has 176 valence electrons. The normalized spacial score (nSPS) is 16.5. The number of nitrogens with zero attached hydrogens (tertiary/aromatic N) is 2. The van der Waals surface area contributed by atoms with Gasteiger partial charge in [0, 0.05) is 28.6 Å². The Balaban J connectivity index is 1.69. The van der Waals surface area contributed by atoms with Crippen LogP contribution in [0.25, 0.3) is 0 Å². The minimum atomic E-state index is -3.03. The van der Waals surface area contributed by atoms with Crippen molar-refractivity contribution in [2.75, 3.05) is 0 Å². The predicted molar refractivity (Wildman–Crippen MR) is 115 cm³/mol. The molecule has 1 fully saturated rings. The van der Waals surface area contributed by atoms with Gasteiger partial charge < -0.3 is 10.1 Å².